The van der Waals surface area contributed by atoms with Crippen molar-refractivity contribution in [3.63, 3.8) is 0 Å². The first-order chi connectivity index (χ1) is 19.2. The number of hydrogen-bond acceptors (Lipinski definition) is 8. The number of sulfonamides is 1. The second-order valence-electron chi connectivity index (χ2n) is 9.80. The average molecular weight is 583 g/mol. The minimum atomic E-state index is -3.80. The highest BCUT2D eigenvalue weighted by Crippen LogP contribution is 2.27. The molecule has 0 atom stereocenters. The molecule has 40 heavy (non-hydrogen) atoms. The van der Waals surface area contributed by atoms with Gasteiger partial charge in [-0.3, -0.25) is 4.89 Å². The Morgan fingerprint density at radius 1 is 0.975 bits per heavy atom. The standard InChI is InChI=1S/C29H34N4O5S2/c1-22(2)19-33(40(35,36)25-14-15-27-26(18-25)31-28(30)39-27)17-9-16-32(20-23-10-5-3-6-11-23)29(34)38-37-21-24-12-7-4-8-13-24/h3-8,10-15,18,22H,9,16-17,19-21H2,1-2H3,(H2,30,31). The number of benzene rings is 3. The number of nitrogens with zero attached hydrogens (tertiary/aromatic N) is 3. The summed E-state index contributed by atoms with van der Waals surface area (Å²) < 4.78 is 29.6. The highest BCUT2D eigenvalue weighted by atomic mass is 32.2. The molecule has 1 amide bonds. The van der Waals surface area contributed by atoms with E-state index in [4.69, 9.17) is 15.5 Å². The topological polar surface area (TPSA) is 115 Å². The summed E-state index contributed by atoms with van der Waals surface area (Å²) in [5.74, 6) is 0.102. The van der Waals surface area contributed by atoms with Gasteiger partial charge in [0.1, 0.15) is 6.61 Å². The molecule has 212 valence electrons. The van der Waals surface area contributed by atoms with Crippen LogP contribution in [0.25, 0.3) is 10.2 Å². The van der Waals surface area contributed by atoms with Gasteiger partial charge in [0.15, 0.2) is 5.13 Å². The summed E-state index contributed by atoms with van der Waals surface area (Å²) in [5, 5.41) is 0.390. The minimum absolute atomic E-state index is 0.102. The van der Waals surface area contributed by atoms with Crippen molar-refractivity contribution in [3.05, 3.63) is 90.0 Å². The van der Waals surface area contributed by atoms with Crippen LogP contribution >= 0.6 is 11.3 Å². The first kappa shape index (κ1) is 29.5. The number of nitrogens with two attached hydrogens (primary N) is 1. The Morgan fingerprint density at radius 2 is 1.65 bits per heavy atom. The summed E-state index contributed by atoms with van der Waals surface area (Å²) in [6.07, 6.45) is -0.233. The largest absolute Gasteiger partial charge is 0.441 e. The van der Waals surface area contributed by atoms with Gasteiger partial charge in [-0.2, -0.15) is 9.19 Å². The number of fused-ring (bicyclic) bond motifs is 1. The Morgan fingerprint density at radius 3 is 2.33 bits per heavy atom. The van der Waals surface area contributed by atoms with Crippen molar-refractivity contribution in [2.45, 2.75) is 38.3 Å². The molecule has 2 N–H and O–H groups in total. The average Bonchev–Trinajstić information content (AvgIpc) is 3.32. The Hall–Kier alpha value is -3.51. The third kappa shape index (κ3) is 8.01. The zero-order valence-electron chi connectivity index (χ0n) is 22.6. The minimum Gasteiger partial charge on any atom is -0.375 e. The third-order valence-electron chi connectivity index (χ3n) is 6.09. The second-order valence-corrected chi connectivity index (χ2v) is 12.8. The van der Waals surface area contributed by atoms with Crippen LogP contribution < -0.4 is 5.73 Å². The Balaban J connectivity index is 1.44. The third-order valence-corrected chi connectivity index (χ3v) is 8.82. The highest BCUT2D eigenvalue weighted by Gasteiger charge is 2.26. The monoisotopic (exact) mass is 582 g/mol. The van der Waals surface area contributed by atoms with Crippen LogP contribution in [0.5, 0.6) is 0 Å². The van der Waals surface area contributed by atoms with Crippen molar-refractivity contribution in [1.82, 2.24) is 14.2 Å². The fourth-order valence-electron chi connectivity index (χ4n) is 4.20. The SMILES string of the molecule is CC(C)CN(CCCN(Cc1ccccc1)C(=O)OOCc1ccccc1)S(=O)(=O)c1ccc2sc(N)nc2c1. The first-order valence-corrected chi connectivity index (χ1v) is 15.3. The molecule has 0 spiro atoms. The highest BCUT2D eigenvalue weighted by molar-refractivity contribution is 7.89. The van der Waals surface area contributed by atoms with E-state index in [1.54, 1.807) is 18.2 Å². The van der Waals surface area contributed by atoms with Crippen LogP contribution in [-0.2, 0) is 33.0 Å². The summed E-state index contributed by atoms with van der Waals surface area (Å²) in [6.45, 7) is 5.19. The molecule has 11 heteroatoms. The van der Waals surface area contributed by atoms with Crippen LogP contribution in [0.1, 0.15) is 31.4 Å². The van der Waals surface area contributed by atoms with Gasteiger partial charge in [0.25, 0.3) is 0 Å². The van der Waals surface area contributed by atoms with Gasteiger partial charge >= 0.3 is 6.09 Å². The van der Waals surface area contributed by atoms with E-state index in [2.05, 4.69) is 4.98 Å². The number of hydrogen-bond donors (Lipinski definition) is 1. The summed E-state index contributed by atoms with van der Waals surface area (Å²) in [7, 11) is -3.80. The van der Waals surface area contributed by atoms with E-state index in [1.165, 1.54) is 20.5 Å². The molecule has 4 aromatic rings. The van der Waals surface area contributed by atoms with Crippen molar-refractivity contribution in [2.24, 2.45) is 5.92 Å². The fraction of sp³-hybridized carbons (Fsp3) is 0.310. The van der Waals surface area contributed by atoms with E-state index in [9.17, 15) is 13.2 Å². The molecule has 0 aliphatic heterocycles. The molecule has 4 rings (SSSR count). The van der Waals surface area contributed by atoms with Crippen LogP contribution in [0, 0.1) is 5.92 Å². The van der Waals surface area contributed by atoms with Crippen LogP contribution in [0.3, 0.4) is 0 Å². The number of anilines is 1. The van der Waals surface area contributed by atoms with E-state index in [1.807, 2.05) is 74.5 Å². The molecule has 0 saturated heterocycles. The number of carbonyl (C=O) groups is 1. The second kappa shape index (κ2) is 13.7. The van der Waals surface area contributed by atoms with Crippen molar-refractivity contribution in [1.29, 1.82) is 0 Å². The van der Waals surface area contributed by atoms with Gasteiger partial charge in [0, 0.05) is 26.2 Å². The van der Waals surface area contributed by atoms with Crippen LogP contribution in [-0.4, -0.2) is 48.3 Å². The molecule has 3 aromatic carbocycles. The molecule has 0 aliphatic rings. The van der Waals surface area contributed by atoms with Gasteiger partial charge in [0.05, 0.1) is 15.1 Å². The lowest BCUT2D eigenvalue weighted by molar-refractivity contribution is -0.256. The van der Waals surface area contributed by atoms with Gasteiger partial charge in [0.2, 0.25) is 10.0 Å². The summed E-state index contributed by atoms with van der Waals surface area (Å²) in [6, 6.07) is 23.8. The lowest BCUT2D eigenvalue weighted by atomic mass is 10.2. The first-order valence-electron chi connectivity index (χ1n) is 13.0. The number of thiazole rings is 1. The van der Waals surface area contributed by atoms with E-state index in [0.29, 0.717) is 30.2 Å². The molecule has 1 aromatic heterocycles. The summed E-state index contributed by atoms with van der Waals surface area (Å²) in [4.78, 5) is 29.2. The van der Waals surface area contributed by atoms with Crippen LogP contribution in [0.4, 0.5) is 9.93 Å². The zero-order valence-corrected chi connectivity index (χ0v) is 24.2. The van der Waals surface area contributed by atoms with Gasteiger partial charge in [-0.05, 0) is 41.7 Å². The predicted octanol–water partition coefficient (Wildman–Crippen LogP) is 5.69. The van der Waals surface area contributed by atoms with E-state index >= 15 is 0 Å². The molecule has 0 saturated carbocycles. The molecular weight excluding hydrogens is 548 g/mol. The molecule has 1 heterocycles. The van der Waals surface area contributed by atoms with Gasteiger partial charge in [-0.25, -0.2) is 18.2 Å². The Kier molecular flexibility index (Phi) is 10.1. The van der Waals surface area contributed by atoms with Gasteiger partial charge in [-0.1, -0.05) is 85.8 Å². The Bertz CT molecular complexity index is 1490. The van der Waals surface area contributed by atoms with Crippen LogP contribution in [0.15, 0.2) is 83.8 Å². The lowest BCUT2D eigenvalue weighted by Gasteiger charge is -2.26. The molecule has 0 aliphatic carbocycles. The van der Waals surface area contributed by atoms with Crippen molar-refractivity contribution in [2.75, 3.05) is 25.4 Å². The lowest BCUT2D eigenvalue weighted by Crippen LogP contribution is -2.38. The number of rotatable bonds is 13. The van der Waals surface area contributed by atoms with Gasteiger partial charge < -0.3 is 10.6 Å². The molecule has 9 nitrogen and oxygen atoms in total. The molecular formula is C29H34N4O5S2. The summed E-state index contributed by atoms with van der Waals surface area (Å²) >= 11 is 1.31. The molecule has 0 radical (unpaired) electrons. The zero-order chi connectivity index (χ0) is 28.5. The van der Waals surface area contributed by atoms with Crippen molar-refractivity contribution >= 4 is 42.8 Å². The normalized spacial score (nSPS) is 11.8. The number of amides is 1. The van der Waals surface area contributed by atoms with Crippen molar-refractivity contribution < 1.29 is 23.0 Å². The maximum atomic E-state index is 13.6. The quantitative estimate of drug-likeness (QED) is 0.159. The molecule has 0 unspecified atom stereocenters. The molecule has 0 bridgehead atoms. The van der Waals surface area contributed by atoms with Crippen LogP contribution in [0.2, 0.25) is 0 Å². The Labute approximate surface area is 239 Å². The number of carbonyl (C=O) groups excluding carboxylic acids is 1. The number of aromatic nitrogens is 1. The van der Waals surface area contributed by atoms with Gasteiger partial charge in [-0.15, -0.1) is 0 Å². The maximum Gasteiger partial charge on any atom is 0.441 e. The maximum absolute atomic E-state index is 13.6. The summed E-state index contributed by atoms with van der Waals surface area (Å²) in [5.41, 5.74) is 8.16. The molecule has 0 fully saturated rings. The number of nitrogen functional groups attached to an aromatic ring is 1. The fourth-order valence-corrected chi connectivity index (χ4v) is 6.58. The van der Waals surface area contributed by atoms with Crippen molar-refractivity contribution in [3.8, 4) is 0 Å². The smallest absolute Gasteiger partial charge is 0.375 e. The predicted molar refractivity (Wildman–Crippen MR) is 157 cm³/mol. The van der Waals surface area contributed by atoms with E-state index < -0.39 is 16.1 Å². The van der Waals surface area contributed by atoms with E-state index in [0.717, 1.165) is 15.8 Å². The van der Waals surface area contributed by atoms with E-state index in [-0.39, 0.29) is 30.5 Å².